The Morgan fingerprint density at radius 1 is 1.00 bits per heavy atom. The number of sulfonamides is 1. The third kappa shape index (κ3) is 3.92. The molecule has 0 aromatic heterocycles. The summed E-state index contributed by atoms with van der Waals surface area (Å²) < 4.78 is 39.9. The number of hydrogen-bond donors (Lipinski definition) is 1. The standard InChI is InChI=1S/C15H15NO6S/c17-23(18,13-6-7-14-15(10-13)21-11-20-14)16-22-9-8-19-12-4-2-1-3-5-12/h1-7,10,16H,8-9,11H2. The fourth-order valence-electron chi connectivity index (χ4n) is 1.93. The maximum absolute atomic E-state index is 12.1. The third-order valence-corrected chi connectivity index (χ3v) is 4.23. The number of hydrogen-bond acceptors (Lipinski definition) is 6. The van der Waals surface area contributed by atoms with Crippen LogP contribution in [0.5, 0.6) is 17.2 Å². The quantitative estimate of drug-likeness (QED) is 0.612. The number of benzene rings is 2. The molecule has 0 amide bonds. The molecule has 1 heterocycles. The summed E-state index contributed by atoms with van der Waals surface area (Å²) in [6, 6.07) is 13.5. The Kier molecular flexibility index (Phi) is 4.65. The molecular weight excluding hydrogens is 322 g/mol. The van der Waals surface area contributed by atoms with E-state index in [1.54, 1.807) is 12.1 Å². The molecule has 2 aromatic carbocycles. The Morgan fingerprint density at radius 3 is 2.61 bits per heavy atom. The van der Waals surface area contributed by atoms with Crippen LogP contribution in [-0.4, -0.2) is 28.4 Å². The minimum Gasteiger partial charge on any atom is -0.491 e. The highest BCUT2D eigenvalue weighted by molar-refractivity contribution is 7.89. The van der Waals surface area contributed by atoms with E-state index in [-0.39, 0.29) is 24.9 Å². The molecule has 1 aliphatic heterocycles. The van der Waals surface area contributed by atoms with Crippen molar-refractivity contribution in [2.24, 2.45) is 0 Å². The molecule has 0 spiro atoms. The van der Waals surface area contributed by atoms with E-state index in [0.717, 1.165) is 0 Å². The molecule has 0 radical (unpaired) electrons. The van der Waals surface area contributed by atoms with Crippen LogP contribution in [0.3, 0.4) is 0 Å². The Bertz CT molecular complexity index is 763. The first-order chi connectivity index (χ1) is 11.1. The summed E-state index contributed by atoms with van der Waals surface area (Å²) in [7, 11) is -3.79. The summed E-state index contributed by atoms with van der Waals surface area (Å²) in [4.78, 5) is 7.04. The summed E-state index contributed by atoms with van der Waals surface area (Å²) in [5, 5.41) is 0. The van der Waals surface area contributed by atoms with E-state index in [2.05, 4.69) is 0 Å². The van der Waals surface area contributed by atoms with Gasteiger partial charge in [0.15, 0.2) is 11.5 Å². The van der Waals surface area contributed by atoms with Crippen molar-refractivity contribution in [1.82, 2.24) is 4.89 Å². The van der Waals surface area contributed by atoms with Crippen LogP contribution in [0.4, 0.5) is 0 Å². The van der Waals surface area contributed by atoms with E-state index < -0.39 is 10.0 Å². The van der Waals surface area contributed by atoms with Crippen LogP contribution in [0.1, 0.15) is 0 Å². The zero-order chi connectivity index (χ0) is 16.1. The zero-order valence-corrected chi connectivity index (χ0v) is 12.9. The van der Waals surface area contributed by atoms with Crippen molar-refractivity contribution < 1.29 is 27.5 Å². The van der Waals surface area contributed by atoms with Crippen LogP contribution in [-0.2, 0) is 14.9 Å². The van der Waals surface area contributed by atoms with Gasteiger partial charge in [-0.2, -0.15) is 0 Å². The van der Waals surface area contributed by atoms with Gasteiger partial charge in [0.1, 0.15) is 19.0 Å². The molecule has 23 heavy (non-hydrogen) atoms. The zero-order valence-electron chi connectivity index (χ0n) is 12.1. The maximum Gasteiger partial charge on any atom is 0.262 e. The van der Waals surface area contributed by atoms with E-state index in [1.165, 1.54) is 18.2 Å². The van der Waals surface area contributed by atoms with Gasteiger partial charge in [0.2, 0.25) is 6.79 Å². The lowest BCUT2D eigenvalue weighted by Gasteiger charge is -2.09. The Morgan fingerprint density at radius 2 is 1.78 bits per heavy atom. The Hall–Kier alpha value is -2.29. The maximum atomic E-state index is 12.1. The summed E-state index contributed by atoms with van der Waals surface area (Å²) >= 11 is 0. The first-order valence-electron chi connectivity index (χ1n) is 6.86. The molecule has 0 atom stereocenters. The van der Waals surface area contributed by atoms with Crippen molar-refractivity contribution in [3.05, 3.63) is 48.5 Å². The van der Waals surface area contributed by atoms with E-state index in [4.69, 9.17) is 19.0 Å². The van der Waals surface area contributed by atoms with Gasteiger partial charge >= 0.3 is 0 Å². The minimum atomic E-state index is -3.79. The molecule has 122 valence electrons. The van der Waals surface area contributed by atoms with E-state index in [9.17, 15) is 8.42 Å². The lowest BCUT2D eigenvalue weighted by molar-refractivity contribution is 0.0665. The molecule has 0 saturated carbocycles. The largest absolute Gasteiger partial charge is 0.491 e. The first kappa shape index (κ1) is 15.6. The molecule has 2 aromatic rings. The van der Waals surface area contributed by atoms with Gasteiger partial charge in [0, 0.05) is 6.07 Å². The van der Waals surface area contributed by atoms with E-state index >= 15 is 0 Å². The SMILES string of the molecule is O=S(=O)(NOCCOc1ccccc1)c1ccc2c(c1)OCO2. The number of para-hydroxylation sites is 1. The van der Waals surface area contributed by atoms with Gasteiger partial charge in [-0.1, -0.05) is 23.1 Å². The fraction of sp³-hybridized carbons (Fsp3) is 0.200. The van der Waals surface area contributed by atoms with Crippen LogP contribution < -0.4 is 19.1 Å². The monoisotopic (exact) mass is 337 g/mol. The second kappa shape index (κ2) is 6.86. The average molecular weight is 337 g/mol. The van der Waals surface area contributed by atoms with Gasteiger partial charge in [0.25, 0.3) is 10.0 Å². The van der Waals surface area contributed by atoms with Gasteiger partial charge in [-0.25, -0.2) is 8.42 Å². The molecule has 0 saturated heterocycles. The summed E-state index contributed by atoms with van der Waals surface area (Å²) in [6.45, 7) is 0.367. The van der Waals surface area contributed by atoms with Crippen LogP contribution in [0.25, 0.3) is 0 Å². The van der Waals surface area contributed by atoms with Crippen molar-refractivity contribution in [2.75, 3.05) is 20.0 Å². The molecule has 1 aliphatic rings. The van der Waals surface area contributed by atoms with Crippen molar-refractivity contribution in [1.29, 1.82) is 0 Å². The van der Waals surface area contributed by atoms with Crippen molar-refractivity contribution in [3.63, 3.8) is 0 Å². The fourth-order valence-corrected chi connectivity index (χ4v) is 2.77. The lowest BCUT2D eigenvalue weighted by atomic mass is 10.3. The number of nitrogens with one attached hydrogen (secondary N) is 1. The lowest BCUT2D eigenvalue weighted by Crippen LogP contribution is -2.26. The summed E-state index contributed by atoms with van der Waals surface area (Å²) in [5.41, 5.74) is 0. The van der Waals surface area contributed by atoms with Gasteiger partial charge < -0.3 is 14.2 Å². The molecule has 3 rings (SSSR count). The topological polar surface area (TPSA) is 83.1 Å². The second-order valence-corrected chi connectivity index (χ2v) is 6.26. The molecule has 0 bridgehead atoms. The van der Waals surface area contributed by atoms with Crippen molar-refractivity contribution >= 4 is 10.0 Å². The molecule has 0 fully saturated rings. The smallest absolute Gasteiger partial charge is 0.262 e. The molecular formula is C15H15NO6S. The van der Waals surface area contributed by atoms with Crippen LogP contribution in [0, 0.1) is 0 Å². The molecule has 7 nitrogen and oxygen atoms in total. The first-order valence-corrected chi connectivity index (χ1v) is 8.34. The van der Waals surface area contributed by atoms with Crippen LogP contribution in [0.15, 0.2) is 53.4 Å². The number of ether oxygens (including phenoxy) is 3. The van der Waals surface area contributed by atoms with Gasteiger partial charge in [-0.15, -0.1) is 0 Å². The third-order valence-electron chi connectivity index (χ3n) is 3.02. The average Bonchev–Trinajstić information content (AvgIpc) is 3.03. The molecule has 8 heteroatoms. The van der Waals surface area contributed by atoms with Gasteiger partial charge in [-0.05, 0) is 24.3 Å². The molecule has 1 N–H and O–H groups in total. The van der Waals surface area contributed by atoms with Crippen LogP contribution >= 0.6 is 0 Å². The highest BCUT2D eigenvalue weighted by Gasteiger charge is 2.20. The minimum absolute atomic E-state index is 0.0331. The predicted molar refractivity (Wildman–Crippen MR) is 80.8 cm³/mol. The van der Waals surface area contributed by atoms with Gasteiger partial charge in [0.05, 0.1) is 4.90 Å². The number of rotatable bonds is 7. The van der Waals surface area contributed by atoms with Crippen molar-refractivity contribution in [3.8, 4) is 17.2 Å². The van der Waals surface area contributed by atoms with E-state index in [1.807, 2.05) is 23.1 Å². The Labute approximate surface area is 133 Å². The van der Waals surface area contributed by atoms with Crippen LogP contribution in [0.2, 0.25) is 0 Å². The second-order valence-electron chi connectivity index (χ2n) is 4.61. The highest BCUT2D eigenvalue weighted by Crippen LogP contribution is 2.33. The van der Waals surface area contributed by atoms with Crippen molar-refractivity contribution in [2.45, 2.75) is 4.90 Å². The van der Waals surface area contributed by atoms with E-state index in [0.29, 0.717) is 17.2 Å². The highest BCUT2D eigenvalue weighted by atomic mass is 32.2. The van der Waals surface area contributed by atoms with Gasteiger partial charge in [-0.3, -0.25) is 4.84 Å². The molecule has 0 aliphatic carbocycles. The molecule has 0 unspecified atom stereocenters. The normalized spacial score (nSPS) is 13.0. The summed E-state index contributed by atoms with van der Waals surface area (Å²) in [5.74, 6) is 1.59. The Balaban J connectivity index is 1.49. The number of fused-ring (bicyclic) bond motifs is 1. The summed E-state index contributed by atoms with van der Waals surface area (Å²) in [6.07, 6.45) is 0. The predicted octanol–water partition coefficient (Wildman–Crippen LogP) is 1.70.